The highest BCUT2D eigenvalue weighted by Gasteiger charge is 2.15. The summed E-state index contributed by atoms with van der Waals surface area (Å²) in [4.78, 5) is 10.4. The maximum absolute atomic E-state index is 10.8. The molecule has 0 fully saturated rings. The van der Waals surface area contributed by atoms with Crippen LogP contribution >= 0.6 is 23.4 Å². The maximum atomic E-state index is 10.8. The molecule has 0 aliphatic heterocycles. The number of aliphatic hydroxyl groups excluding tert-OH is 1. The molecule has 0 aliphatic carbocycles. The summed E-state index contributed by atoms with van der Waals surface area (Å²) in [6, 6.07) is 4.70. The molecule has 0 spiro atoms. The van der Waals surface area contributed by atoms with Crippen molar-refractivity contribution in [3.05, 3.63) is 38.9 Å². The minimum Gasteiger partial charge on any atom is -0.396 e. The first-order valence-corrected chi connectivity index (χ1v) is 6.62. The summed E-state index contributed by atoms with van der Waals surface area (Å²) in [6.07, 6.45) is 0.687. The first-order chi connectivity index (χ1) is 8.04. The fraction of sp³-hybridized carbons (Fsp3) is 0.455. The number of hydrogen-bond donors (Lipinski definition) is 1. The normalized spacial score (nSPS) is 12.4. The van der Waals surface area contributed by atoms with Gasteiger partial charge in [-0.05, 0) is 18.6 Å². The van der Waals surface area contributed by atoms with Gasteiger partial charge in [0.2, 0.25) is 0 Å². The fourth-order valence-electron chi connectivity index (χ4n) is 1.33. The summed E-state index contributed by atoms with van der Waals surface area (Å²) in [5.41, 5.74) is 0.718. The van der Waals surface area contributed by atoms with Crippen LogP contribution in [0.4, 0.5) is 5.69 Å². The molecule has 0 bridgehead atoms. The number of halogens is 1. The Labute approximate surface area is 109 Å². The SMILES string of the molecule is CC(CCO)SCc1ccc(Cl)cc1[N+](=O)[O-]. The molecule has 0 amide bonds. The molecule has 1 aromatic carbocycles. The average Bonchev–Trinajstić information content (AvgIpc) is 2.27. The Morgan fingerprint density at radius 2 is 2.29 bits per heavy atom. The molecule has 4 nitrogen and oxygen atoms in total. The van der Waals surface area contributed by atoms with Gasteiger partial charge in [0.1, 0.15) is 0 Å². The third kappa shape index (κ3) is 4.53. The Bertz CT molecular complexity index is 400. The summed E-state index contributed by atoms with van der Waals surface area (Å²) >= 11 is 7.31. The van der Waals surface area contributed by atoms with Crippen LogP contribution in [0.25, 0.3) is 0 Å². The standard InChI is InChI=1S/C11H14ClNO3S/c1-8(4-5-14)17-7-9-2-3-10(12)6-11(9)13(15)16/h2-3,6,8,14H,4-5,7H2,1H3. The molecule has 0 aliphatic rings. The number of rotatable bonds is 6. The molecular weight excluding hydrogens is 262 g/mol. The van der Waals surface area contributed by atoms with E-state index in [0.717, 1.165) is 0 Å². The first kappa shape index (κ1) is 14.3. The van der Waals surface area contributed by atoms with Gasteiger partial charge in [-0.3, -0.25) is 10.1 Å². The topological polar surface area (TPSA) is 63.4 Å². The summed E-state index contributed by atoms with van der Waals surface area (Å²) in [6.45, 7) is 2.12. The number of nitrogens with zero attached hydrogens (tertiary/aromatic N) is 1. The van der Waals surface area contributed by atoms with Crippen molar-refractivity contribution >= 4 is 29.1 Å². The maximum Gasteiger partial charge on any atom is 0.274 e. The van der Waals surface area contributed by atoms with Crippen LogP contribution in [-0.2, 0) is 5.75 Å². The van der Waals surface area contributed by atoms with Gasteiger partial charge in [-0.1, -0.05) is 18.5 Å². The van der Waals surface area contributed by atoms with Crippen LogP contribution in [-0.4, -0.2) is 21.9 Å². The van der Waals surface area contributed by atoms with E-state index in [1.54, 1.807) is 23.9 Å². The van der Waals surface area contributed by atoms with Crippen LogP contribution in [0.2, 0.25) is 5.02 Å². The zero-order chi connectivity index (χ0) is 12.8. The van der Waals surface area contributed by atoms with Gasteiger partial charge in [-0.25, -0.2) is 0 Å². The summed E-state index contributed by atoms with van der Waals surface area (Å²) in [5, 5.41) is 20.3. The third-order valence-electron chi connectivity index (χ3n) is 2.30. The number of hydrogen-bond acceptors (Lipinski definition) is 4. The minimum atomic E-state index is -0.418. The van der Waals surface area contributed by atoms with E-state index in [9.17, 15) is 10.1 Å². The van der Waals surface area contributed by atoms with Crippen molar-refractivity contribution in [2.75, 3.05) is 6.61 Å². The molecule has 17 heavy (non-hydrogen) atoms. The van der Waals surface area contributed by atoms with Gasteiger partial charge < -0.3 is 5.11 Å². The number of nitro groups is 1. The largest absolute Gasteiger partial charge is 0.396 e. The average molecular weight is 276 g/mol. The van der Waals surface area contributed by atoms with Crippen LogP contribution in [0.3, 0.4) is 0 Å². The lowest BCUT2D eigenvalue weighted by Crippen LogP contribution is -2.01. The molecule has 6 heteroatoms. The molecule has 1 atom stereocenters. The predicted molar refractivity (Wildman–Crippen MR) is 70.6 cm³/mol. The Morgan fingerprint density at radius 3 is 2.88 bits per heavy atom. The van der Waals surface area contributed by atoms with Crippen molar-refractivity contribution in [2.24, 2.45) is 0 Å². The van der Waals surface area contributed by atoms with E-state index in [2.05, 4.69) is 0 Å². The van der Waals surface area contributed by atoms with Crippen LogP contribution < -0.4 is 0 Å². The molecule has 0 heterocycles. The first-order valence-electron chi connectivity index (χ1n) is 5.20. The van der Waals surface area contributed by atoms with E-state index >= 15 is 0 Å². The van der Waals surface area contributed by atoms with E-state index in [4.69, 9.17) is 16.7 Å². The fourth-order valence-corrected chi connectivity index (χ4v) is 2.47. The second-order valence-corrected chi connectivity index (χ2v) is 5.53. The molecule has 0 radical (unpaired) electrons. The lowest BCUT2D eigenvalue weighted by molar-refractivity contribution is -0.385. The van der Waals surface area contributed by atoms with Crippen LogP contribution in [0.1, 0.15) is 18.9 Å². The second kappa shape index (κ2) is 6.83. The molecule has 0 aromatic heterocycles. The lowest BCUT2D eigenvalue weighted by atomic mass is 10.2. The highest BCUT2D eigenvalue weighted by atomic mass is 35.5. The molecule has 0 saturated carbocycles. The number of thioether (sulfide) groups is 1. The van der Waals surface area contributed by atoms with Gasteiger partial charge in [0.15, 0.2) is 0 Å². The van der Waals surface area contributed by atoms with Crippen molar-refractivity contribution < 1.29 is 10.0 Å². The van der Waals surface area contributed by atoms with Gasteiger partial charge in [0, 0.05) is 34.3 Å². The number of aliphatic hydroxyl groups is 1. The Balaban J connectivity index is 2.73. The summed E-state index contributed by atoms with van der Waals surface area (Å²) in [5.74, 6) is 0.550. The molecule has 1 rings (SSSR count). The van der Waals surface area contributed by atoms with Gasteiger partial charge in [-0.15, -0.1) is 0 Å². The van der Waals surface area contributed by atoms with Crippen molar-refractivity contribution in [3.8, 4) is 0 Å². The molecular formula is C11H14ClNO3S. The van der Waals surface area contributed by atoms with Gasteiger partial charge in [-0.2, -0.15) is 11.8 Å². The predicted octanol–water partition coefficient (Wildman–Crippen LogP) is 3.25. The quantitative estimate of drug-likeness (QED) is 0.639. The molecule has 0 saturated heterocycles. The zero-order valence-electron chi connectivity index (χ0n) is 9.43. The highest BCUT2D eigenvalue weighted by Crippen LogP contribution is 2.28. The minimum absolute atomic E-state index is 0.0567. The monoisotopic (exact) mass is 275 g/mol. The van der Waals surface area contributed by atoms with E-state index in [1.807, 2.05) is 6.92 Å². The smallest absolute Gasteiger partial charge is 0.274 e. The zero-order valence-corrected chi connectivity index (χ0v) is 11.0. The van der Waals surface area contributed by atoms with Crippen molar-refractivity contribution in [2.45, 2.75) is 24.3 Å². The van der Waals surface area contributed by atoms with Crippen LogP contribution in [0.5, 0.6) is 0 Å². The lowest BCUT2D eigenvalue weighted by Gasteiger charge is -2.09. The third-order valence-corrected chi connectivity index (χ3v) is 3.82. The molecule has 1 unspecified atom stereocenters. The second-order valence-electron chi connectivity index (χ2n) is 3.66. The summed E-state index contributed by atoms with van der Waals surface area (Å²) in [7, 11) is 0. The molecule has 94 valence electrons. The van der Waals surface area contributed by atoms with E-state index in [1.165, 1.54) is 6.07 Å². The van der Waals surface area contributed by atoms with E-state index < -0.39 is 4.92 Å². The van der Waals surface area contributed by atoms with E-state index in [-0.39, 0.29) is 17.5 Å². The van der Waals surface area contributed by atoms with Crippen LogP contribution in [0.15, 0.2) is 18.2 Å². The molecule has 1 N–H and O–H groups in total. The van der Waals surface area contributed by atoms with E-state index in [0.29, 0.717) is 22.8 Å². The summed E-state index contributed by atoms with van der Waals surface area (Å²) < 4.78 is 0. The number of benzene rings is 1. The Morgan fingerprint density at radius 1 is 1.59 bits per heavy atom. The van der Waals surface area contributed by atoms with Gasteiger partial charge in [0.25, 0.3) is 5.69 Å². The van der Waals surface area contributed by atoms with Crippen molar-refractivity contribution in [3.63, 3.8) is 0 Å². The van der Waals surface area contributed by atoms with Crippen molar-refractivity contribution in [1.29, 1.82) is 0 Å². The van der Waals surface area contributed by atoms with Gasteiger partial charge >= 0.3 is 0 Å². The van der Waals surface area contributed by atoms with Gasteiger partial charge in [0.05, 0.1) is 4.92 Å². The van der Waals surface area contributed by atoms with Crippen molar-refractivity contribution in [1.82, 2.24) is 0 Å². The Kier molecular flexibility index (Phi) is 5.74. The molecule has 1 aromatic rings. The number of nitro benzene ring substituents is 1. The van der Waals surface area contributed by atoms with Crippen LogP contribution in [0, 0.1) is 10.1 Å². The highest BCUT2D eigenvalue weighted by molar-refractivity contribution is 7.99. The Hall–Kier alpha value is -0.780.